The van der Waals surface area contributed by atoms with Crippen LogP contribution in [-0.4, -0.2) is 33.2 Å². The van der Waals surface area contributed by atoms with Crippen LogP contribution in [0.5, 0.6) is 5.75 Å². The summed E-state index contributed by atoms with van der Waals surface area (Å²) in [4.78, 5) is 11.5. The summed E-state index contributed by atoms with van der Waals surface area (Å²) >= 11 is 0. The van der Waals surface area contributed by atoms with Crippen molar-refractivity contribution in [1.29, 1.82) is 0 Å². The first-order valence-electron chi connectivity index (χ1n) is 6.47. The second kappa shape index (κ2) is 6.57. The SMILES string of the molecule is CNCC(=O)NCC(C)(C)c1ccc(OC)c(C)c1. The Morgan fingerprint density at radius 2 is 2.05 bits per heavy atom. The maximum Gasteiger partial charge on any atom is 0.233 e. The van der Waals surface area contributed by atoms with Crippen LogP contribution in [0.1, 0.15) is 25.0 Å². The summed E-state index contributed by atoms with van der Waals surface area (Å²) in [5, 5.41) is 5.78. The molecule has 1 rings (SSSR count). The van der Waals surface area contributed by atoms with Crippen LogP contribution < -0.4 is 15.4 Å². The molecular formula is C15H24N2O2. The van der Waals surface area contributed by atoms with Crippen molar-refractivity contribution in [3.63, 3.8) is 0 Å². The van der Waals surface area contributed by atoms with Crippen LogP contribution in [0.25, 0.3) is 0 Å². The van der Waals surface area contributed by atoms with Crippen LogP contribution in [0.3, 0.4) is 0 Å². The summed E-state index contributed by atoms with van der Waals surface area (Å²) in [6.45, 7) is 7.22. The normalized spacial score (nSPS) is 11.2. The second-order valence-corrected chi connectivity index (χ2v) is 5.38. The van der Waals surface area contributed by atoms with E-state index in [2.05, 4.69) is 36.6 Å². The molecule has 0 aliphatic heterocycles. The third kappa shape index (κ3) is 4.24. The van der Waals surface area contributed by atoms with E-state index in [4.69, 9.17) is 4.74 Å². The molecule has 0 spiro atoms. The molecule has 2 N–H and O–H groups in total. The van der Waals surface area contributed by atoms with Gasteiger partial charge < -0.3 is 15.4 Å². The molecule has 0 atom stereocenters. The number of amides is 1. The summed E-state index contributed by atoms with van der Waals surface area (Å²) < 4.78 is 5.26. The molecule has 1 amide bonds. The molecule has 0 fully saturated rings. The molecule has 19 heavy (non-hydrogen) atoms. The predicted octanol–water partition coefficient (Wildman–Crippen LogP) is 1.62. The van der Waals surface area contributed by atoms with Crippen molar-refractivity contribution in [3.8, 4) is 5.75 Å². The lowest BCUT2D eigenvalue weighted by Gasteiger charge is -2.26. The Morgan fingerprint density at radius 1 is 1.37 bits per heavy atom. The number of aryl methyl sites for hydroxylation is 1. The number of benzene rings is 1. The highest BCUT2D eigenvalue weighted by Gasteiger charge is 2.22. The lowest BCUT2D eigenvalue weighted by Crippen LogP contribution is -2.40. The lowest BCUT2D eigenvalue weighted by molar-refractivity contribution is -0.120. The van der Waals surface area contributed by atoms with Gasteiger partial charge in [-0.1, -0.05) is 26.0 Å². The number of hydrogen-bond donors (Lipinski definition) is 2. The number of nitrogens with one attached hydrogen (secondary N) is 2. The number of likely N-dealkylation sites (N-methyl/N-ethyl adjacent to an activating group) is 1. The zero-order chi connectivity index (χ0) is 14.5. The first-order valence-corrected chi connectivity index (χ1v) is 6.47. The highest BCUT2D eigenvalue weighted by molar-refractivity contribution is 5.78. The molecule has 0 bridgehead atoms. The number of hydrogen-bond acceptors (Lipinski definition) is 3. The smallest absolute Gasteiger partial charge is 0.233 e. The Bertz CT molecular complexity index is 442. The summed E-state index contributed by atoms with van der Waals surface area (Å²) in [7, 11) is 3.43. The molecule has 106 valence electrons. The van der Waals surface area contributed by atoms with Crippen molar-refractivity contribution in [1.82, 2.24) is 10.6 Å². The van der Waals surface area contributed by atoms with E-state index < -0.39 is 0 Å². The minimum atomic E-state index is -0.111. The summed E-state index contributed by atoms with van der Waals surface area (Å²) in [5.41, 5.74) is 2.19. The van der Waals surface area contributed by atoms with E-state index in [0.29, 0.717) is 13.1 Å². The van der Waals surface area contributed by atoms with Gasteiger partial charge in [0.05, 0.1) is 13.7 Å². The van der Waals surface area contributed by atoms with Gasteiger partial charge in [-0.3, -0.25) is 4.79 Å². The monoisotopic (exact) mass is 264 g/mol. The van der Waals surface area contributed by atoms with Gasteiger partial charge in [0.2, 0.25) is 5.91 Å². The molecule has 0 aliphatic rings. The Morgan fingerprint density at radius 3 is 2.58 bits per heavy atom. The van der Waals surface area contributed by atoms with Gasteiger partial charge in [0.25, 0.3) is 0 Å². The van der Waals surface area contributed by atoms with E-state index in [9.17, 15) is 4.79 Å². The van der Waals surface area contributed by atoms with Gasteiger partial charge in [-0.2, -0.15) is 0 Å². The van der Waals surface area contributed by atoms with Crippen LogP contribution in [0.4, 0.5) is 0 Å². The fraction of sp³-hybridized carbons (Fsp3) is 0.533. The lowest BCUT2D eigenvalue weighted by atomic mass is 9.83. The zero-order valence-electron chi connectivity index (χ0n) is 12.5. The fourth-order valence-electron chi connectivity index (χ4n) is 1.94. The van der Waals surface area contributed by atoms with Crippen molar-refractivity contribution < 1.29 is 9.53 Å². The molecule has 0 saturated heterocycles. The maximum atomic E-state index is 11.5. The molecule has 0 radical (unpaired) electrons. The number of carbonyl (C=O) groups excluding carboxylic acids is 1. The molecular weight excluding hydrogens is 240 g/mol. The number of ether oxygens (including phenoxy) is 1. The van der Waals surface area contributed by atoms with E-state index in [1.807, 2.05) is 13.0 Å². The van der Waals surface area contributed by atoms with Crippen molar-refractivity contribution in [3.05, 3.63) is 29.3 Å². The maximum absolute atomic E-state index is 11.5. The molecule has 0 heterocycles. The van der Waals surface area contributed by atoms with E-state index in [1.165, 1.54) is 5.56 Å². The minimum absolute atomic E-state index is 0.0146. The number of rotatable bonds is 6. The van der Waals surface area contributed by atoms with Crippen LogP contribution in [0, 0.1) is 6.92 Å². The van der Waals surface area contributed by atoms with Crippen LogP contribution >= 0.6 is 0 Å². The molecule has 4 heteroatoms. The first kappa shape index (κ1) is 15.5. The topological polar surface area (TPSA) is 50.4 Å². The standard InChI is InChI=1S/C15H24N2O2/c1-11-8-12(6-7-13(11)19-5)15(2,3)10-17-14(18)9-16-4/h6-8,16H,9-10H2,1-5H3,(H,17,18). The van der Waals surface area contributed by atoms with Gasteiger partial charge in [-0.05, 0) is 31.2 Å². The minimum Gasteiger partial charge on any atom is -0.496 e. The molecule has 4 nitrogen and oxygen atoms in total. The van der Waals surface area contributed by atoms with Crippen molar-refractivity contribution in [2.45, 2.75) is 26.2 Å². The van der Waals surface area contributed by atoms with Gasteiger partial charge in [-0.25, -0.2) is 0 Å². The van der Waals surface area contributed by atoms with Crippen LogP contribution in [0.2, 0.25) is 0 Å². The zero-order valence-corrected chi connectivity index (χ0v) is 12.5. The van der Waals surface area contributed by atoms with E-state index in [1.54, 1.807) is 14.2 Å². The fourth-order valence-corrected chi connectivity index (χ4v) is 1.94. The molecule has 0 unspecified atom stereocenters. The summed E-state index contributed by atoms with van der Waals surface area (Å²) in [6.07, 6.45) is 0. The highest BCUT2D eigenvalue weighted by Crippen LogP contribution is 2.27. The predicted molar refractivity (Wildman–Crippen MR) is 77.7 cm³/mol. The quantitative estimate of drug-likeness (QED) is 0.821. The first-order chi connectivity index (χ1) is 8.90. The Balaban J connectivity index is 2.76. The largest absolute Gasteiger partial charge is 0.496 e. The third-order valence-electron chi connectivity index (χ3n) is 3.24. The van der Waals surface area contributed by atoms with Crippen LogP contribution in [-0.2, 0) is 10.2 Å². The van der Waals surface area contributed by atoms with E-state index in [-0.39, 0.29) is 11.3 Å². The van der Waals surface area contributed by atoms with Crippen molar-refractivity contribution in [2.75, 3.05) is 27.2 Å². The van der Waals surface area contributed by atoms with Crippen molar-refractivity contribution >= 4 is 5.91 Å². The van der Waals surface area contributed by atoms with Gasteiger partial charge in [0.1, 0.15) is 5.75 Å². The average molecular weight is 264 g/mol. The summed E-state index contributed by atoms with van der Waals surface area (Å²) in [5.74, 6) is 0.902. The van der Waals surface area contributed by atoms with Crippen LogP contribution in [0.15, 0.2) is 18.2 Å². The van der Waals surface area contributed by atoms with Gasteiger partial charge >= 0.3 is 0 Å². The molecule has 0 saturated carbocycles. The Kier molecular flexibility index (Phi) is 5.36. The Labute approximate surface area is 115 Å². The number of carbonyl (C=O) groups is 1. The Hall–Kier alpha value is -1.55. The average Bonchev–Trinajstić information content (AvgIpc) is 2.37. The molecule has 0 aliphatic carbocycles. The van der Waals surface area contributed by atoms with Gasteiger partial charge in [0, 0.05) is 12.0 Å². The number of methoxy groups -OCH3 is 1. The summed E-state index contributed by atoms with van der Waals surface area (Å²) in [6, 6.07) is 6.14. The molecule has 1 aromatic rings. The molecule has 0 aromatic heterocycles. The van der Waals surface area contributed by atoms with E-state index >= 15 is 0 Å². The highest BCUT2D eigenvalue weighted by atomic mass is 16.5. The van der Waals surface area contributed by atoms with E-state index in [0.717, 1.165) is 11.3 Å². The van der Waals surface area contributed by atoms with Gasteiger partial charge in [-0.15, -0.1) is 0 Å². The van der Waals surface area contributed by atoms with Crippen molar-refractivity contribution in [2.24, 2.45) is 0 Å². The van der Waals surface area contributed by atoms with Gasteiger partial charge in [0.15, 0.2) is 0 Å². The molecule has 1 aromatic carbocycles. The second-order valence-electron chi connectivity index (χ2n) is 5.38. The third-order valence-corrected chi connectivity index (χ3v) is 3.24.